The third-order valence-corrected chi connectivity index (χ3v) is 3.38. The first-order valence-corrected chi connectivity index (χ1v) is 6.70. The average molecular weight is 246 g/mol. The van der Waals surface area contributed by atoms with Crippen molar-refractivity contribution >= 4 is 18.0 Å². The van der Waals surface area contributed by atoms with Gasteiger partial charge in [0.15, 0.2) is 0 Å². The molecule has 0 aliphatic carbocycles. The van der Waals surface area contributed by atoms with Gasteiger partial charge < -0.3 is 9.64 Å². The maximum absolute atomic E-state index is 11.8. The van der Waals surface area contributed by atoms with E-state index in [0.717, 1.165) is 32.4 Å². The van der Waals surface area contributed by atoms with Crippen LogP contribution in [-0.4, -0.2) is 34.9 Å². The first kappa shape index (κ1) is 13.6. The summed E-state index contributed by atoms with van der Waals surface area (Å²) in [6.45, 7) is 7.21. The molecule has 16 heavy (non-hydrogen) atoms. The highest BCUT2D eigenvalue weighted by atomic mass is 32.2. The van der Waals surface area contributed by atoms with E-state index in [1.54, 1.807) is 4.90 Å². The smallest absolute Gasteiger partial charge is 0.410 e. The third kappa shape index (κ3) is 4.61. The second-order valence-corrected chi connectivity index (χ2v) is 6.10. The maximum Gasteiger partial charge on any atom is 0.410 e. The predicted molar refractivity (Wildman–Crippen MR) is 67.2 cm³/mol. The van der Waals surface area contributed by atoms with Crippen LogP contribution in [0.4, 0.5) is 4.79 Å². The maximum atomic E-state index is 11.8. The van der Waals surface area contributed by atoms with Crippen LogP contribution in [0.25, 0.3) is 0 Å². The van der Waals surface area contributed by atoms with Gasteiger partial charge in [-0.25, -0.2) is 4.79 Å². The number of likely N-dealkylation sites (tertiary alicyclic amines) is 1. The van der Waals surface area contributed by atoms with Gasteiger partial charge >= 0.3 is 6.09 Å². The summed E-state index contributed by atoms with van der Waals surface area (Å²) in [4.78, 5) is 13.6. The Hall–Kier alpha value is -0.420. The van der Waals surface area contributed by atoms with Gasteiger partial charge in [0.2, 0.25) is 0 Å². The minimum atomic E-state index is -0.411. The van der Waals surface area contributed by atoms with Gasteiger partial charge in [0.05, 0.1) is 0 Å². The SMILES string of the molecule is CC(C)(C)OC(=O)N1CCCC(SN)CC1. The Bertz CT molecular complexity index is 241. The molecule has 1 aliphatic heterocycles. The van der Waals surface area contributed by atoms with Crippen molar-refractivity contribution in [3.05, 3.63) is 0 Å². The number of carbonyl (C=O) groups excluding carboxylic acids is 1. The molecule has 1 unspecified atom stereocenters. The highest BCUT2D eigenvalue weighted by Crippen LogP contribution is 2.20. The zero-order valence-corrected chi connectivity index (χ0v) is 11.2. The van der Waals surface area contributed by atoms with Crippen molar-refractivity contribution in [3.63, 3.8) is 0 Å². The van der Waals surface area contributed by atoms with Crippen LogP contribution in [0.3, 0.4) is 0 Å². The molecule has 0 aromatic rings. The summed E-state index contributed by atoms with van der Waals surface area (Å²) in [6, 6.07) is 0. The summed E-state index contributed by atoms with van der Waals surface area (Å²) in [5, 5.41) is 6.06. The topological polar surface area (TPSA) is 55.6 Å². The molecule has 0 spiro atoms. The molecule has 1 rings (SSSR count). The minimum Gasteiger partial charge on any atom is -0.444 e. The number of amides is 1. The zero-order valence-electron chi connectivity index (χ0n) is 10.4. The Labute approximate surface area is 102 Å². The van der Waals surface area contributed by atoms with Gasteiger partial charge in [-0.15, -0.1) is 0 Å². The highest BCUT2D eigenvalue weighted by molar-refractivity contribution is 7.97. The molecule has 2 N–H and O–H groups in total. The van der Waals surface area contributed by atoms with Gasteiger partial charge in [-0.3, -0.25) is 5.14 Å². The summed E-state index contributed by atoms with van der Waals surface area (Å²) in [5.41, 5.74) is -0.411. The number of nitrogens with zero attached hydrogens (tertiary/aromatic N) is 1. The lowest BCUT2D eigenvalue weighted by molar-refractivity contribution is 0.0257. The van der Waals surface area contributed by atoms with Crippen LogP contribution in [0.5, 0.6) is 0 Å². The number of hydrogen-bond donors (Lipinski definition) is 1. The minimum absolute atomic E-state index is 0.199. The summed E-state index contributed by atoms with van der Waals surface area (Å²) < 4.78 is 5.35. The number of rotatable bonds is 1. The molecule has 0 aromatic carbocycles. The van der Waals surface area contributed by atoms with Crippen molar-refractivity contribution in [1.29, 1.82) is 0 Å². The molecule has 4 nitrogen and oxygen atoms in total. The van der Waals surface area contributed by atoms with Crippen LogP contribution in [0.1, 0.15) is 40.0 Å². The average Bonchev–Trinajstić information content (AvgIpc) is 2.39. The van der Waals surface area contributed by atoms with Gasteiger partial charge in [-0.2, -0.15) is 0 Å². The number of ether oxygens (including phenoxy) is 1. The molecule has 1 saturated heterocycles. The van der Waals surface area contributed by atoms with Gasteiger partial charge in [0.25, 0.3) is 0 Å². The van der Waals surface area contributed by atoms with Gasteiger partial charge in [0.1, 0.15) is 5.60 Å². The van der Waals surface area contributed by atoms with Crippen LogP contribution in [0.15, 0.2) is 0 Å². The molecular weight excluding hydrogens is 224 g/mol. The third-order valence-electron chi connectivity index (χ3n) is 2.52. The lowest BCUT2D eigenvalue weighted by atomic mass is 10.2. The Morgan fingerprint density at radius 2 is 2.06 bits per heavy atom. The molecular formula is C11H22N2O2S. The van der Waals surface area contributed by atoms with Gasteiger partial charge in [0, 0.05) is 18.3 Å². The second kappa shape index (κ2) is 5.77. The zero-order chi connectivity index (χ0) is 12.2. The number of nitrogens with two attached hydrogens (primary N) is 1. The molecule has 1 fully saturated rings. The summed E-state index contributed by atoms with van der Waals surface area (Å²) in [5.74, 6) is 0. The molecule has 94 valence electrons. The first-order valence-electron chi connectivity index (χ1n) is 5.76. The van der Waals surface area contributed by atoms with Crippen molar-refractivity contribution in [2.45, 2.75) is 50.9 Å². The molecule has 1 amide bonds. The Morgan fingerprint density at radius 3 is 2.62 bits per heavy atom. The van der Waals surface area contributed by atoms with Gasteiger partial charge in [-0.1, -0.05) is 11.9 Å². The molecule has 1 heterocycles. The second-order valence-electron chi connectivity index (χ2n) is 5.16. The number of hydrogen-bond acceptors (Lipinski definition) is 4. The van der Waals surface area contributed by atoms with Crippen molar-refractivity contribution in [1.82, 2.24) is 4.90 Å². The molecule has 0 radical (unpaired) electrons. The van der Waals surface area contributed by atoms with Gasteiger partial charge in [-0.05, 0) is 40.0 Å². The van der Waals surface area contributed by atoms with Crippen molar-refractivity contribution < 1.29 is 9.53 Å². The molecule has 5 heteroatoms. The van der Waals surface area contributed by atoms with Crippen LogP contribution in [0, 0.1) is 0 Å². The van der Waals surface area contributed by atoms with E-state index >= 15 is 0 Å². The number of carbonyl (C=O) groups is 1. The molecule has 0 aromatic heterocycles. The summed E-state index contributed by atoms with van der Waals surface area (Å²) in [6.07, 6.45) is 2.85. The summed E-state index contributed by atoms with van der Waals surface area (Å²) >= 11 is 1.41. The lowest BCUT2D eigenvalue weighted by Gasteiger charge is -2.26. The van der Waals surface area contributed by atoms with Crippen LogP contribution >= 0.6 is 11.9 Å². The summed E-state index contributed by atoms with van der Waals surface area (Å²) in [7, 11) is 0. The molecule has 0 saturated carbocycles. The fraction of sp³-hybridized carbons (Fsp3) is 0.909. The van der Waals surface area contributed by atoms with E-state index in [4.69, 9.17) is 9.88 Å². The molecule has 1 atom stereocenters. The van der Waals surface area contributed by atoms with Crippen molar-refractivity contribution in [3.8, 4) is 0 Å². The molecule has 0 bridgehead atoms. The Kier molecular flexibility index (Phi) is 4.92. The highest BCUT2D eigenvalue weighted by Gasteiger charge is 2.24. The van der Waals surface area contributed by atoms with E-state index in [0.29, 0.717) is 5.25 Å². The predicted octanol–water partition coefficient (Wildman–Crippen LogP) is 2.38. The lowest BCUT2D eigenvalue weighted by Crippen LogP contribution is -2.37. The van der Waals surface area contributed by atoms with E-state index in [-0.39, 0.29) is 6.09 Å². The fourth-order valence-corrected chi connectivity index (χ4v) is 2.26. The van der Waals surface area contributed by atoms with E-state index in [2.05, 4.69) is 0 Å². The van der Waals surface area contributed by atoms with Crippen LogP contribution < -0.4 is 5.14 Å². The van der Waals surface area contributed by atoms with E-state index in [9.17, 15) is 4.79 Å². The van der Waals surface area contributed by atoms with Crippen molar-refractivity contribution in [2.75, 3.05) is 13.1 Å². The normalized spacial score (nSPS) is 22.8. The largest absolute Gasteiger partial charge is 0.444 e. The van der Waals surface area contributed by atoms with E-state index < -0.39 is 5.60 Å². The monoisotopic (exact) mass is 246 g/mol. The molecule has 1 aliphatic rings. The van der Waals surface area contributed by atoms with E-state index in [1.807, 2.05) is 20.8 Å². The Morgan fingerprint density at radius 1 is 1.38 bits per heavy atom. The van der Waals surface area contributed by atoms with Crippen molar-refractivity contribution in [2.24, 2.45) is 5.14 Å². The van der Waals surface area contributed by atoms with E-state index in [1.165, 1.54) is 11.9 Å². The quantitative estimate of drug-likeness (QED) is 0.722. The van der Waals surface area contributed by atoms with Crippen LogP contribution in [-0.2, 0) is 4.74 Å². The Balaban J connectivity index is 2.45. The fourth-order valence-electron chi connectivity index (χ4n) is 1.71. The standard InChI is InChI=1S/C11H22N2O2S/c1-11(2,3)15-10(14)13-7-4-5-9(16-12)6-8-13/h9H,4-8,12H2,1-3H3. The van der Waals surface area contributed by atoms with Crippen LogP contribution in [0.2, 0.25) is 0 Å². The first-order chi connectivity index (χ1) is 7.42.